The first-order chi connectivity index (χ1) is 9.52. The molecule has 0 aromatic heterocycles. The van der Waals surface area contributed by atoms with Gasteiger partial charge in [-0.2, -0.15) is 0 Å². The Kier molecular flexibility index (Phi) is 7.04. The van der Waals surface area contributed by atoms with E-state index in [0.717, 1.165) is 25.7 Å². The van der Waals surface area contributed by atoms with Crippen LogP contribution in [0.2, 0.25) is 0 Å². The van der Waals surface area contributed by atoms with E-state index < -0.39 is 18.0 Å². The maximum Gasteiger partial charge on any atom is 0.326 e. The molecule has 0 aromatic carbocycles. The van der Waals surface area contributed by atoms with Crippen molar-refractivity contribution in [3.8, 4) is 0 Å². The number of hydrogen-bond acceptors (Lipinski definition) is 4. The minimum atomic E-state index is -1.12. The van der Waals surface area contributed by atoms with E-state index in [1.165, 1.54) is 13.5 Å². The normalized spacial score (nSPS) is 17.2. The summed E-state index contributed by atoms with van der Waals surface area (Å²) in [5, 5.41) is 11.5. The van der Waals surface area contributed by atoms with Crippen molar-refractivity contribution in [3.05, 3.63) is 0 Å². The van der Waals surface area contributed by atoms with Crippen LogP contribution >= 0.6 is 0 Å². The zero-order chi connectivity index (χ0) is 15.0. The summed E-state index contributed by atoms with van der Waals surface area (Å²) in [6.45, 7) is 0. The molecule has 0 heterocycles. The van der Waals surface area contributed by atoms with Gasteiger partial charge >= 0.3 is 11.9 Å². The molecular formula is C14H23NO5. The van der Waals surface area contributed by atoms with Crippen LogP contribution in [0.3, 0.4) is 0 Å². The molecule has 1 amide bonds. The van der Waals surface area contributed by atoms with E-state index in [1.54, 1.807) is 0 Å². The second-order valence-electron chi connectivity index (χ2n) is 5.28. The Morgan fingerprint density at radius 2 is 1.90 bits per heavy atom. The Labute approximate surface area is 118 Å². The number of amides is 1. The molecular weight excluding hydrogens is 262 g/mol. The maximum atomic E-state index is 11.8. The molecule has 1 fully saturated rings. The molecule has 2 N–H and O–H groups in total. The molecule has 1 saturated carbocycles. The Morgan fingerprint density at radius 3 is 2.45 bits per heavy atom. The van der Waals surface area contributed by atoms with Gasteiger partial charge in [0.25, 0.3) is 0 Å². The fourth-order valence-electron chi connectivity index (χ4n) is 2.53. The van der Waals surface area contributed by atoms with Crippen LogP contribution in [0.1, 0.15) is 51.4 Å². The molecule has 0 aliphatic heterocycles. The average molecular weight is 285 g/mol. The fraction of sp³-hybridized carbons (Fsp3) is 0.786. The number of carbonyl (C=O) groups excluding carboxylic acids is 2. The SMILES string of the molecule is COC(=O)CCC(NC(=O)CC1CCCCC1)C(=O)O. The number of ether oxygens (including phenoxy) is 1. The average Bonchev–Trinajstić information content (AvgIpc) is 2.43. The topological polar surface area (TPSA) is 92.7 Å². The van der Waals surface area contributed by atoms with Gasteiger partial charge in [0.1, 0.15) is 6.04 Å². The van der Waals surface area contributed by atoms with Gasteiger partial charge in [-0.15, -0.1) is 0 Å². The largest absolute Gasteiger partial charge is 0.480 e. The van der Waals surface area contributed by atoms with Crippen LogP contribution in [0.15, 0.2) is 0 Å². The summed E-state index contributed by atoms with van der Waals surface area (Å²) in [6.07, 6.45) is 5.98. The third-order valence-electron chi connectivity index (χ3n) is 3.70. The number of aliphatic carboxylic acids is 1. The van der Waals surface area contributed by atoms with E-state index in [1.807, 2.05) is 0 Å². The van der Waals surface area contributed by atoms with Crippen molar-refractivity contribution in [2.24, 2.45) is 5.92 Å². The quantitative estimate of drug-likeness (QED) is 0.691. The van der Waals surface area contributed by atoms with Crippen molar-refractivity contribution in [1.29, 1.82) is 0 Å². The summed E-state index contributed by atoms with van der Waals surface area (Å²) in [5.41, 5.74) is 0. The van der Waals surface area contributed by atoms with Crippen LogP contribution in [0.4, 0.5) is 0 Å². The lowest BCUT2D eigenvalue weighted by Crippen LogP contribution is -2.41. The van der Waals surface area contributed by atoms with Crippen LogP contribution < -0.4 is 5.32 Å². The molecule has 20 heavy (non-hydrogen) atoms. The standard InChI is InChI=1S/C14H23NO5/c1-20-13(17)8-7-11(14(18)19)15-12(16)9-10-5-3-2-4-6-10/h10-11H,2-9H2,1H3,(H,15,16)(H,18,19). The van der Waals surface area contributed by atoms with Crippen LogP contribution in [0.5, 0.6) is 0 Å². The highest BCUT2D eigenvalue weighted by atomic mass is 16.5. The lowest BCUT2D eigenvalue weighted by molar-refractivity contribution is -0.144. The second kappa shape index (κ2) is 8.55. The van der Waals surface area contributed by atoms with Gasteiger partial charge in [-0.25, -0.2) is 4.79 Å². The summed E-state index contributed by atoms with van der Waals surface area (Å²) in [7, 11) is 1.25. The smallest absolute Gasteiger partial charge is 0.326 e. The Morgan fingerprint density at radius 1 is 1.25 bits per heavy atom. The molecule has 0 aromatic rings. The minimum absolute atomic E-state index is 0.0167. The zero-order valence-electron chi connectivity index (χ0n) is 11.9. The predicted octanol–water partition coefficient (Wildman–Crippen LogP) is 1.48. The maximum absolute atomic E-state index is 11.8. The first-order valence-electron chi connectivity index (χ1n) is 7.12. The van der Waals surface area contributed by atoms with Crippen molar-refractivity contribution in [3.63, 3.8) is 0 Å². The number of carboxylic acids is 1. The van der Waals surface area contributed by atoms with Crippen molar-refractivity contribution in [2.75, 3.05) is 7.11 Å². The molecule has 6 heteroatoms. The summed E-state index contributed by atoms with van der Waals surface area (Å²) in [6, 6.07) is -1.02. The Balaban J connectivity index is 2.37. The van der Waals surface area contributed by atoms with Gasteiger partial charge in [0.15, 0.2) is 0 Å². The molecule has 1 rings (SSSR count). The van der Waals surface area contributed by atoms with E-state index in [4.69, 9.17) is 5.11 Å². The van der Waals surface area contributed by atoms with Gasteiger partial charge in [0, 0.05) is 12.8 Å². The molecule has 0 saturated heterocycles. The third kappa shape index (κ3) is 6.04. The molecule has 1 atom stereocenters. The highest BCUT2D eigenvalue weighted by Gasteiger charge is 2.23. The number of rotatable bonds is 7. The minimum Gasteiger partial charge on any atom is -0.480 e. The van der Waals surface area contributed by atoms with Gasteiger partial charge in [-0.1, -0.05) is 19.3 Å². The number of carboxylic acid groups (broad SMARTS) is 1. The second-order valence-corrected chi connectivity index (χ2v) is 5.28. The molecule has 1 unspecified atom stereocenters. The van der Waals surface area contributed by atoms with E-state index in [2.05, 4.69) is 10.1 Å². The first-order valence-corrected chi connectivity index (χ1v) is 7.12. The van der Waals surface area contributed by atoms with Crippen LogP contribution in [0.25, 0.3) is 0 Å². The third-order valence-corrected chi connectivity index (χ3v) is 3.70. The highest BCUT2D eigenvalue weighted by Crippen LogP contribution is 2.26. The highest BCUT2D eigenvalue weighted by molar-refractivity contribution is 5.84. The number of nitrogens with one attached hydrogen (secondary N) is 1. The lowest BCUT2D eigenvalue weighted by Gasteiger charge is -2.22. The van der Waals surface area contributed by atoms with Gasteiger partial charge in [0.05, 0.1) is 7.11 Å². The Bertz CT molecular complexity index is 349. The van der Waals surface area contributed by atoms with Crippen LogP contribution in [-0.2, 0) is 19.1 Å². The van der Waals surface area contributed by atoms with Gasteiger partial charge in [-0.05, 0) is 25.2 Å². The van der Waals surface area contributed by atoms with Crippen molar-refractivity contribution in [1.82, 2.24) is 5.32 Å². The Hall–Kier alpha value is -1.59. The number of esters is 1. The number of carbonyl (C=O) groups is 3. The molecule has 6 nitrogen and oxygen atoms in total. The van der Waals surface area contributed by atoms with E-state index >= 15 is 0 Å². The fourth-order valence-corrected chi connectivity index (χ4v) is 2.53. The summed E-state index contributed by atoms with van der Waals surface area (Å²) in [4.78, 5) is 33.9. The van der Waals surface area contributed by atoms with Crippen molar-refractivity contribution < 1.29 is 24.2 Å². The monoisotopic (exact) mass is 285 g/mol. The zero-order valence-corrected chi connectivity index (χ0v) is 11.9. The molecule has 1 aliphatic carbocycles. The van der Waals surface area contributed by atoms with Crippen molar-refractivity contribution in [2.45, 2.75) is 57.4 Å². The van der Waals surface area contributed by atoms with Gasteiger partial charge in [0.2, 0.25) is 5.91 Å². The van der Waals surface area contributed by atoms with Crippen LogP contribution in [-0.4, -0.2) is 36.1 Å². The molecule has 0 spiro atoms. The molecule has 1 aliphatic rings. The number of methoxy groups -OCH3 is 1. The summed E-state index contributed by atoms with van der Waals surface area (Å²) in [5.74, 6) is -1.48. The summed E-state index contributed by atoms with van der Waals surface area (Å²) >= 11 is 0. The first kappa shape index (κ1) is 16.5. The lowest BCUT2D eigenvalue weighted by atomic mass is 9.87. The van der Waals surface area contributed by atoms with Gasteiger partial charge in [-0.3, -0.25) is 9.59 Å². The molecule has 0 bridgehead atoms. The summed E-state index contributed by atoms with van der Waals surface area (Å²) < 4.78 is 4.46. The van der Waals surface area contributed by atoms with E-state index in [-0.39, 0.29) is 18.7 Å². The predicted molar refractivity (Wildman–Crippen MR) is 72.0 cm³/mol. The van der Waals surface area contributed by atoms with E-state index in [9.17, 15) is 14.4 Å². The van der Waals surface area contributed by atoms with E-state index in [0.29, 0.717) is 12.3 Å². The molecule has 114 valence electrons. The van der Waals surface area contributed by atoms with Crippen molar-refractivity contribution >= 4 is 17.8 Å². The number of hydrogen-bond donors (Lipinski definition) is 2. The van der Waals surface area contributed by atoms with Crippen LogP contribution in [0, 0.1) is 5.92 Å². The molecule has 0 radical (unpaired) electrons. The van der Waals surface area contributed by atoms with Gasteiger partial charge < -0.3 is 15.2 Å².